The molecule has 0 saturated carbocycles. The lowest BCUT2D eigenvalue weighted by molar-refractivity contribution is -0.161. The molecule has 280 valence electrons. The van der Waals surface area contributed by atoms with Crippen LogP contribution < -0.4 is 0 Å². The molecule has 0 bridgehead atoms. The lowest BCUT2D eigenvalue weighted by atomic mass is 9.80. The molecule has 0 spiro atoms. The number of likely N-dealkylation sites (tertiary alicyclic amines) is 1. The van der Waals surface area contributed by atoms with E-state index in [-0.39, 0.29) is 18.3 Å². The Kier molecular flexibility index (Phi) is 11.0. The van der Waals surface area contributed by atoms with Crippen LogP contribution in [-0.4, -0.2) is 67.5 Å². The Labute approximate surface area is 313 Å². The Morgan fingerprint density at radius 1 is 0.926 bits per heavy atom. The number of esters is 1. The summed E-state index contributed by atoms with van der Waals surface area (Å²) >= 11 is 0. The standard InChI is InChI=1S/C41H45N7O6/c1-25(2)26(3)38(50)53-36-34(30-22-43-33-32(30)44-24-45-37(33)46-47-42)48(39(51)54-40(4,5)6)31(35(36)49)23-52-41(27-16-10-7-11-17-27,28-18-12-8-13-19-28)29-20-14-9-15-21-29/h7-22,24-26,31,34-36,43,49H,23H2,1-6H3/t26-,31-,34+,35-,36+/m1/s1. The molecule has 1 aliphatic heterocycles. The molecule has 0 radical (unpaired) electrons. The van der Waals surface area contributed by atoms with Gasteiger partial charge in [0.25, 0.3) is 0 Å². The fourth-order valence-corrected chi connectivity index (χ4v) is 6.92. The minimum atomic E-state index is -1.45. The van der Waals surface area contributed by atoms with Crippen LogP contribution in [0.5, 0.6) is 0 Å². The van der Waals surface area contributed by atoms with E-state index in [9.17, 15) is 20.2 Å². The van der Waals surface area contributed by atoms with Gasteiger partial charge in [-0.05, 0) is 54.0 Å². The summed E-state index contributed by atoms with van der Waals surface area (Å²) < 4.78 is 19.4. The van der Waals surface area contributed by atoms with Crippen LogP contribution in [0.15, 0.2) is 109 Å². The van der Waals surface area contributed by atoms with Crippen molar-refractivity contribution in [1.82, 2.24) is 19.9 Å². The molecule has 0 unspecified atom stereocenters. The highest BCUT2D eigenvalue weighted by atomic mass is 16.6. The van der Waals surface area contributed by atoms with Crippen molar-refractivity contribution in [1.29, 1.82) is 0 Å². The van der Waals surface area contributed by atoms with Gasteiger partial charge in [0.1, 0.15) is 29.7 Å². The molecule has 1 saturated heterocycles. The highest BCUT2D eigenvalue weighted by Gasteiger charge is 2.56. The fraction of sp³-hybridized carbons (Fsp3) is 0.366. The van der Waals surface area contributed by atoms with Crippen molar-refractivity contribution in [3.8, 4) is 0 Å². The second-order valence-corrected chi connectivity index (χ2v) is 14.8. The van der Waals surface area contributed by atoms with E-state index in [0.29, 0.717) is 16.6 Å². The van der Waals surface area contributed by atoms with E-state index < -0.39 is 53.5 Å². The molecule has 3 aromatic carbocycles. The van der Waals surface area contributed by atoms with Gasteiger partial charge in [0.2, 0.25) is 0 Å². The van der Waals surface area contributed by atoms with Crippen LogP contribution in [0.3, 0.4) is 0 Å². The van der Waals surface area contributed by atoms with Gasteiger partial charge in [0.15, 0.2) is 11.9 Å². The van der Waals surface area contributed by atoms with Crippen molar-refractivity contribution >= 4 is 28.9 Å². The first-order chi connectivity index (χ1) is 25.9. The van der Waals surface area contributed by atoms with Crippen molar-refractivity contribution in [2.75, 3.05) is 6.61 Å². The molecule has 6 rings (SSSR count). The van der Waals surface area contributed by atoms with Crippen LogP contribution in [0.25, 0.3) is 21.5 Å². The van der Waals surface area contributed by atoms with Gasteiger partial charge in [-0.15, -0.1) is 0 Å². The normalized spacial score (nSPS) is 19.4. The number of carbonyl (C=O) groups excluding carboxylic acids is 2. The maximum absolute atomic E-state index is 14.5. The minimum Gasteiger partial charge on any atom is -0.457 e. The number of azide groups is 1. The highest BCUT2D eigenvalue weighted by Crippen LogP contribution is 2.46. The average molecular weight is 732 g/mol. The van der Waals surface area contributed by atoms with Crippen molar-refractivity contribution < 1.29 is 28.9 Å². The van der Waals surface area contributed by atoms with Crippen LogP contribution in [0, 0.1) is 11.8 Å². The lowest BCUT2D eigenvalue weighted by Crippen LogP contribution is -2.47. The van der Waals surface area contributed by atoms with Gasteiger partial charge in [0.05, 0.1) is 29.6 Å². The van der Waals surface area contributed by atoms with E-state index in [1.165, 1.54) is 11.2 Å². The van der Waals surface area contributed by atoms with E-state index in [4.69, 9.17) is 14.2 Å². The zero-order valence-electron chi connectivity index (χ0n) is 31.2. The van der Waals surface area contributed by atoms with Gasteiger partial charge in [-0.2, -0.15) is 0 Å². The van der Waals surface area contributed by atoms with E-state index in [1.54, 1.807) is 33.9 Å². The lowest BCUT2D eigenvalue weighted by Gasteiger charge is -2.38. The summed E-state index contributed by atoms with van der Waals surface area (Å²) in [6, 6.07) is 27.0. The Hall–Kier alpha value is -5.75. The zero-order valence-corrected chi connectivity index (χ0v) is 31.2. The predicted octanol–water partition coefficient (Wildman–Crippen LogP) is 8.13. The average Bonchev–Trinajstić information content (AvgIpc) is 3.71. The topological polar surface area (TPSA) is 176 Å². The number of carbonyl (C=O) groups is 2. The van der Waals surface area contributed by atoms with Gasteiger partial charge in [-0.25, -0.2) is 14.8 Å². The molecular weight excluding hydrogens is 686 g/mol. The van der Waals surface area contributed by atoms with E-state index in [2.05, 4.69) is 25.0 Å². The highest BCUT2D eigenvalue weighted by molar-refractivity contribution is 5.88. The maximum atomic E-state index is 14.5. The SMILES string of the molecule is CC(C)[C@@H](C)C(=O)O[C@@H]1[C@H](O)[C@@H](COC(c2ccccc2)(c2ccccc2)c2ccccc2)N(C(=O)OC(C)(C)C)[C@H]1c1c[nH]c2c(N=[N+]=[N-])ncnc12. The van der Waals surface area contributed by atoms with Crippen LogP contribution in [-0.2, 0) is 24.6 Å². The number of hydrogen-bond donors (Lipinski definition) is 2. The molecule has 54 heavy (non-hydrogen) atoms. The molecule has 13 nitrogen and oxygen atoms in total. The number of H-pyrrole nitrogens is 1. The molecule has 5 atom stereocenters. The fourth-order valence-electron chi connectivity index (χ4n) is 6.92. The number of aliphatic hydroxyl groups is 1. The molecule has 2 N–H and O–H groups in total. The molecule has 1 amide bonds. The summed E-state index contributed by atoms with van der Waals surface area (Å²) in [4.78, 5) is 44.1. The van der Waals surface area contributed by atoms with Crippen LogP contribution >= 0.6 is 0 Å². The third kappa shape index (κ3) is 7.38. The van der Waals surface area contributed by atoms with Gasteiger partial charge < -0.3 is 24.3 Å². The monoisotopic (exact) mass is 731 g/mol. The number of aliphatic hydroxyl groups excluding tert-OH is 1. The van der Waals surface area contributed by atoms with Crippen LogP contribution in [0.1, 0.15) is 69.8 Å². The number of fused-ring (bicyclic) bond motifs is 1. The third-order valence-electron chi connectivity index (χ3n) is 9.87. The number of amides is 1. The second-order valence-electron chi connectivity index (χ2n) is 14.8. The van der Waals surface area contributed by atoms with E-state index >= 15 is 0 Å². The first kappa shape index (κ1) is 38.0. The molecule has 5 aromatic rings. The van der Waals surface area contributed by atoms with Crippen LogP contribution in [0.2, 0.25) is 0 Å². The molecule has 3 heterocycles. The van der Waals surface area contributed by atoms with Crippen molar-refractivity contribution in [2.24, 2.45) is 17.0 Å². The van der Waals surface area contributed by atoms with Crippen molar-refractivity contribution in [3.05, 3.63) is 136 Å². The number of nitrogens with one attached hydrogen (secondary N) is 1. The first-order valence-corrected chi connectivity index (χ1v) is 17.9. The van der Waals surface area contributed by atoms with Crippen molar-refractivity contribution in [3.63, 3.8) is 0 Å². The number of hydrogen-bond acceptors (Lipinski definition) is 9. The van der Waals surface area contributed by atoms with Gasteiger partial charge in [0, 0.05) is 16.7 Å². The van der Waals surface area contributed by atoms with Crippen LogP contribution in [0.4, 0.5) is 10.6 Å². The molecule has 2 aromatic heterocycles. The second kappa shape index (κ2) is 15.7. The minimum absolute atomic E-state index is 0.0383. The number of aromatic amines is 1. The summed E-state index contributed by atoms with van der Waals surface area (Å²) in [6.07, 6.45) is -0.670. The summed E-state index contributed by atoms with van der Waals surface area (Å²) in [5.41, 5.74) is 10.6. The number of benzene rings is 3. The smallest absolute Gasteiger partial charge is 0.411 e. The first-order valence-electron chi connectivity index (χ1n) is 17.9. The summed E-state index contributed by atoms with van der Waals surface area (Å²) in [6.45, 7) is 10.6. The Bertz CT molecular complexity index is 2020. The Balaban J connectivity index is 1.54. The molecular formula is C41H45N7O6. The third-order valence-corrected chi connectivity index (χ3v) is 9.87. The largest absolute Gasteiger partial charge is 0.457 e. The molecule has 13 heteroatoms. The van der Waals surface area contributed by atoms with Gasteiger partial charge >= 0.3 is 12.1 Å². The Morgan fingerprint density at radius 2 is 1.48 bits per heavy atom. The van der Waals surface area contributed by atoms with Gasteiger partial charge in [-0.3, -0.25) is 9.69 Å². The predicted molar refractivity (Wildman–Crippen MR) is 202 cm³/mol. The number of ether oxygens (including phenoxy) is 3. The van der Waals surface area contributed by atoms with E-state index in [0.717, 1.165) is 16.7 Å². The van der Waals surface area contributed by atoms with E-state index in [1.807, 2.05) is 105 Å². The molecule has 0 aliphatic carbocycles. The zero-order chi connectivity index (χ0) is 38.6. The number of nitrogens with zero attached hydrogens (tertiary/aromatic N) is 6. The summed E-state index contributed by atoms with van der Waals surface area (Å²) in [5.74, 6) is -1.09. The Morgan fingerprint density at radius 3 is 1.98 bits per heavy atom. The van der Waals surface area contributed by atoms with Crippen molar-refractivity contribution in [2.45, 2.75) is 77.0 Å². The quantitative estimate of drug-likeness (QED) is 0.0450. The summed E-state index contributed by atoms with van der Waals surface area (Å²) in [7, 11) is 0. The molecule has 1 aliphatic rings. The number of aromatic nitrogens is 3. The maximum Gasteiger partial charge on any atom is 0.411 e. The summed E-state index contributed by atoms with van der Waals surface area (Å²) in [5, 5.41) is 16.1. The van der Waals surface area contributed by atoms with Gasteiger partial charge in [-0.1, -0.05) is 112 Å². The molecule has 1 fully saturated rings. The number of rotatable bonds is 11.